The molecule has 0 bridgehead atoms. The molecule has 0 unspecified atom stereocenters. The first-order valence-corrected chi connectivity index (χ1v) is 5.86. The lowest BCUT2D eigenvalue weighted by molar-refractivity contribution is 0.302. The molecule has 1 rings (SSSR count). The Morgan fingerprint density at radius 1 is 1.29 bits per heavy atom. The van der Waals surface area contributed by atoms with Crippen LogP contribution in [0.5, 0.6) is 0 Å². The van der Waals surface area contributed by atoms with Crippen LogP contribution in [0.4, 0.5) is 5.69 Å². The second kappa shape index (κ2) is 4.75. The molecule has 0 aliphatic heterocycles. The third kappa shape index (κ3) is 4.86. The minimum atomic E-state index is -0.00761. The molecule has 92 valence electrons. The fourth-order valence-electron chi connectivity index (χ4n) is 2.33. The molecule has 3 heteroatoms. The zero-order valence-electron chi connectivity index (χ0n) is 11.3. The Balaban J connectivity index is 2.79. The van der Waals surface area contributed by atoms with Crippen LogP contribution in [0.1, 0.15) is 46.7 Å². The zero-order valence-corrected chi connectivity index (χ0v) is 11.3. The van der Waals surface area contributed by atoms with Gasteiger partial charge in [-0.1, -0.05) is 20.8 Å². The molecule has 0 spiro atoms. The largest absolute Gasteiger partial charge is 0.380 e. The molecule has 0 fully saturated rings. The predicted octanol–water partition coefficient (Wildman–Crippen LogP) is 3.58. The van der Waals surface area contributed by atoms with Crippen molar-refractivity contribution >= 4 is 5.69 Å². The standard InChI is InChI=1S/C14H21N3/c1-13(2,3)10-14(4,5)17-11-6-7-16-12(8-11)9-15/h6-8H,10H2,1-5H3,(H,16,17). The van der Waals surface area contributed by atoms with Crippen molar-refractivity contribution in [2.75, 3.05) is 5.32 Å². The van der Waals surface area contributed by atoms with E-state index in [9.17, 15) is 0 Å². The van der Waals surface area contributed by atoms with Gasteiger partial charge < -0.3 is 5.32 Å². The third-order valence-electron chi connectivity index (χ3n) is 2.33. The summed E-state index contributed by atoms with van der Waals surface area (Å²) in [6.07, 6.45) is 2.71. The number of hydrogen-bond acceptors (Lipinski definition) is 3. The van der Waals surface area contributed by atoms with Gasteiger partial charge >= 0.3 is 0 Å². The Morgan fingerprint density at radius 2 is 1.94 bits per heavy atom. The molecule has 0 radical (unpaired) electrons. The van der Waals surface area contributed by atoms with Crippen molar-refractivity contribution in [3.63, 3.8) is 0 Å². The second-order valence-corrected chi connectivity index (χ2v) is 6.29. The molecule has 1 heterocycles. The summed E-state index contributed by atoms with van der Waals surface area (Å²) in [5, 5.41) is 12.3. The minimum Gasteiger partial charge on any atom is -0.380 e. The average Bonchev–Trinajstić information content (AvgIpc) is 2.13. The van der Waals surface area contributed by atoms with E-state index in [1.807, 2.05) is 6.07 Å². The van der Waals surface area contributed by atoms with E-state index in [1.165, 1.54) is 0 Å². The summed E-state index contributed by atoms with van der Waals surface area (Å²) in [7, 11) is 0. The number of nitrogens with zero attached hydrogens (tertiary/aromatic N) is 2. The van der Waals surface area contributed by atoms with Crippen LogP contribution in [-0.2, 0) is 0 Å². The number of nitrogens with one attached hydrogen (secondary N) is 1. The molecule has 17 heavy (non-hydrogen) atoms. The van der Waals surface area contributed by atoms with Crippen LogP contribution in [0.15, 0.2) is 18.3 Å². The van der Waals surface area contributed by atoms with Gasteiger partial charge in [-0.05, 0) is 37.8 Å². The van der Waals surface area contributed by atoms with Crippen molar-refractivity contribution in [1.82, 2.24) is 4.98 Å². The van der Waals surface area contributed by atoms with Crippen LogP contribution in [0.25, 0.3) is 0 Å². The van der Waals surface area contributed by atoms with E-state index >= 15 is 0 Å². The maximum absolute atomic E-state index is 8.81. The number of hydrogen-bond donors (Lipinski definition) is 1. The predicted molar refractivity (Wildman–Crippen MR) is 70.7 cm³/mol. The Labute approximate surface area is 104 Å². The molecule has 0 saturated carbocycles. The van der Waals surface area contributed by atoms with Crippen LogP contribution < -0.4 is 5.32 Å². The topological polar surface area (TPSA) is 48.7 Å². The maximum atomic E-state index is 8.81. The van der Waals surface area contributed by atoms with E-state index in [2.05, 4.69) is 51.0 Å². The molecule has 0 aliphatic rings. The van der Waals surface area contributed by atoms with Gasteiger partial charge in [0.25, 0.3) is 0 Å². The molecule has 1 aromatic rings. The van der Waals surface area contributed by atoms with E-state index < -0.39 is 0 Å². The van der Waals surface area contributed by atoms with Gasteiger partial charge in [-0.2, -0.15) is 5.26 Å². The van der Waals surface area contributed by atoms with Crippen LogP contribution in [-0.4, -0.2) is 10.5 Å². The number of anilines is 1. The van der Waals surface area contributed by atoms with Gasteiger partial charge in [0.05, 0.1) is 0 Å². The summed E-state index contributed by atoms with van der Waals surface area (Å²) < 4.78 is 0. The third-order valence-corrected chi connectivity index (χ3v) is 2.33. The van der Waals surface area contributed by atoms with Crippen molar-refractivity contribution in [3.8, 4) is 6.07 Å². The average molecular weight is 231 g/mol. The molecular formula is C14H21N3. The molecule has 0 amide bonds. The van der Waals surface area contributed by atoms with Gasteiger partial charge in [-0.25, -0.2) is 4.98 Å². The molecule has 3 nitrogen and oxygen atoms in total. The summed E-state index contributed by atoms with van der Waals surface area (Å²) in [5.41, 5.74) is 1.65. The number of nitriles is 1. The van der Waals surface area contributed by atoms with Gasteiger partial charge in [0, 0.05) is 17.4 Å². The van der Waals surface area contributed by atoms with Crippen LogP contribution in [0, 0.1) is 16.7 Å². The fraction of sp³-hybridized carbons (Fsp3) is 0.571. The van der Waals surface area contributed by atoms with Crippen molar-refractivity contribution < 1.29 is 0 Å². The van der Waals surface area contributed by atoms with E-state index in [-0.39, 0.29) is 11.0 Å². The Hall–Kier alpha value is -1.56. The molecule has 0 aromatic carbocycles. The fourth-order valence-corrected chi connectivity index (χ4v) is 2.33. The van der Waals surface area contributed by atoms with Crippen LogP contribution in [0.3, 0.4) is 0 Å². The Kier molecular flexibility index (Phi) is 3.77. The lowest BCUT2D eigenvalue weighted by Crippen LogP contribution is -2.35. The van der Waals surface area contributed by atoms with Crippen molar-refractivity contribution in [2.45, 2.75) is 46.6 Å². The van der Waals surface area contributed by atoms with Gasteiger partial charge in [0.1, 0.15) is 11.8 Å². The van der Waals surface area contributed by atoms with E-state index in [0.29, 0.717) is 5.69 Å². The summed E-state index contributed by atoms with van der Waals surface area (Å²) in [6.45, 7) is 11.0. The first kappa shape index (κ1) is 13.5. The minimum absolute atomic E-state index is 0.00761. The van der Waals surface area contributed by atoms with E-state index in [1.54, 1.807) is 12.3 Å². The number of rotatable bonds is 3. The zero-order chi connectivity index (χ0) is 13.1. The lowest BCUT2D eigenvalue weighted by atomic mass is 9.81. The molecule has 1 N–H and O–H groups in total. The highest BCUT2D eigenvalue weighted by atomic mass is 15.0. The molecule has 0 atom stereocenters. The highest BCUT2D eigenvalue weighted by Crippen LogP contribution is 2.29. The summed E-state index contributed by atoms with van der Waals surface area (Å²) >= 11 is 0. The van der Waals surface area contributed by atoms with Crippen LogP contribution >= 0.6 is 0 Å². The monoisotopic (exact) mass is 231 g/mol. The smallest absolute Gasteiger partial charge is 0.142 e. The van der Waals surface area contributed by atoms with Crippen molar-refractivity contribution in [1.29, 1.82) is 5.26 Å². The SMILES string of the molecule is CC(C)(C)CC(C)(C)Nc1ccnc(C#N)c1. The highest BCUT2D eigenvalue weighted by Gasteiger charge is 2.25. The first-order chi connectivity index (χ1) is 7.72. The van der Waals surface area contributed by atoms with E-state index in [0.717, 1.165) is 12.1 Å². The Bertz CT molecular complexity index is 422. The molecule has 1 aromatic heterocycles. The van der Waals surface area contributed by atoms with Gasteiger partial charge in [-0.3, -0.25) is 0 Å². The van der Waals surface area contributed by atoms with Crippen molar-refractivity contribution in [2.24, 2.45) is 5.41 Å². The van der Waals surface area contributed by atoms with Crippen LogP contribution in [0.2, 0.25) is 0 Å². The quantitative estimate of drug-likeness (QED) is 0.865. The van der Waals surface area contributed by atoms with Gasteiger partial charge in [0.2, 0.25) is 0 Å². The molecular weight excluding hydrogens is 210 g/mol. The number of pyridine rings is 1. The summed E-state index contributed by atoms with van der Waals surface area (Å²) in [6, 6.07) is 5.73. The van der Waals surface area contributed by atoms with Gasteiger partial charge in [0.15, 0.2) is 0 Å². The molecule has 0 saturated heterocycles. The Morgan fingerprint density at radius 3 is 2.47 bits per heavy atom. The summed E-state index contributed by atoms with van der Waals surface area (Å²) in [4.78, 5) is 3.96. The molecule has 0 aliphatic carbocycles. The normalized spacial score (nSPS) is 12.0. The van der Waals surface area contributed by atoms with E-state index in [4.69, 9.17) is 5.26 Å². The van der Waals surface area contributed by atoms with Crippen molar-refractivity contribution in [3.05, 3.63) is 24.0 Å². The maximum Gasteiger partial charge on any atom is 0.142 e. The lowest BCUT2D eigenvalue weighted by Gasteiger charge is -2.34. The van der Waals surface area contributed by atoms with Gasteiger partial charge in [-0.15, -0.1) is 0 Å². The summed E-state index contributed by atoms with van der Waals surface area (Å²) in [5.74, 6) is 0. The highest BCUT2D eigenvalue weighted by molar-refractivity contribution is 5.47. The second-order valence-electron chi connectivity index (χ2n) is 6.29. The number of aromatic nitrogens is 1. The first-order valence-electron chi connectivity index (χ1n) is 5.86.